The third-order valence-electron chi connectivity index (χ3n) is 2.76. The zero-order valence-electron chi connectivity index (χ0n) is 11.4. The van der Waals surface area contributed by atoms with Crippen LogP contribution in [0.2, 0.25) is 5.02 Å². The maximum absolute atomic E-state index is 11.7. The van der Waals surface area contributed by atoms with Gasteiger partial charge in [0.1, 0.15) is 5.76 Å². The van der Waals surface area contributed by atoms with Gasteiger partial charge in [-0.05, 0) is 38.1 Å². The molecule has 1 aromatic heterocycles. The van der Waals surface area contributed by atoms with Crippen LogP contribution in [0.15, 0.2) is 28.7 Å². The highest BCUT2D eigenvalue weighted by Crippen LogP contribution is 2.13. The Hall–Kier alpha value is -1.85. The van der Waals surface area contributed by atoms with Gasteiger partial charge in [-0.3, -0.25) is 10.1 Å². The number of aryl methyl sites for hydroxylation is 2. The number of hydrogen-bond acceptors (Lipinski definition) is 4. The Morgan fingerprint density at radius 1 is 1.30 bits per heavy atom. The SMILES string of the molecule is Cc1nc(CNCC(=O)Nc2ccc(Cl)cc2)oc1C. The predicted molar refractivity (Wildman–Crippen MR) is 77.8 cm³/mol. The molecule has 0 saturated carbocycles. The fourth-order valence-electron chi connectivity index (χ4n) is 1.64. The Kier molecular flexibility index (Phi) is 4.76. The van der Waals surface area contributed by atoms with Crippen LogP contribution in [0, 0.1) is 13.8 Å². The molecule has 0 atom stereocenters. The molecule has 20 heavy (non-hydrogen) atoms. The lowest BCUT2D eigenvalue weighted by Crippen LogP contribution is -2.27. The van der Waals surface area contributed by atoms with E-state index in [-0.39, 0.29) is 12.5 Å². The average molecular weight is 294 g/mol. The summed E-state index contributed by atoms with van der Waals surface area (Å²) in [5.74, 6) is 1.25. The number of halogens is 1. The van der Waals surface area contributed by atoms with Crippen molar-refractivity contribution in [2.75, 3.05) is 11.9 Å². The first kappa shape index (κ1) is 14.6. The highest BCUT2D eigenvalue weighted by atomic mass is 35.5. The maximum Gasteiger partial charge on any atom is 0.238 e. The molecule has 1 amide bonds. The van der Waals surface area contributed by atoms with Crippen LogP contribution >= 0.6 is 11.6 Å². The van der Waals surface area contributed by atoms with E-state index in [9.17, 15) is 4.79 Å². The molecule has 0 radical (unpaired) electrons. The minimum absolute atomic E-state index is 0.132. The van der Waals surface area contributed by atoms with Crippen LogP contribution in [-0.2, 0) is 11.3 Å². The molecule has 1 aromatic carbocycles. The maximum atomic E-state index is 11.7. The molecule has 1 heterocycles. The highest BCUT2D eigenvalue weighted by molar-refractivity contribution is 6.30. The lowest BCUT2D eigenvalue weighted by Gasteiger charge is -2.05. The van der Waals surface area contributed by atoms with Crippen molar-refractivity contribution in [3.8, 4) is 0 Å². The first-order valence-electron chi connectivity index (χ1n) is 6.23. The zero-order valence-corrected chi connectivity index (χ0v) is 12.1. The van der Waals surface area contributed by atoms with E-state index >= 15 is 0 Å². The Morgan fingerprint density at radius 3 is 2.60 bits per heavy atom. The standard InChI is InChI=1S/C14H16ClN3O2/c1-9-10(2)20-14(17-9)8-16-7-13(19)18-12-5-3-11(15)4-6-12/h3-6,16H,7-8H2,1-2H3,(H,18,19). The van der Waals surface area contributed by atoms with E-state index < -0.39 is 0 Å². The molecule has 0 aliphatic heterocycles. The predicted octanol–water partition coefficient (Wildman–Crippen LogP) is 2.67. The minimum atomic E-state index is -0.132. The van der Waals surface area contributed by atoms with Crippen molar-refractivity contribution in [2.45, 2.75) is 20.4 Å². The molecule has 0 spiro atoms. The first-order valence-corrected chi connectivity index (χ1v) is 6.61. The Balaban J connectivity index is 1.76. The summed E-state index contributed by atoms with van der Waals surface area (Å²) in [4.78, 5) is 15.9. The van der Waals surface area contributed by atoms with Crippen molar-refractivity contribution in [1.29, 1.82) is 0 Å². The average Bonchev–Trinajstić information content (AvgIpc) is 2.71. The van der Waals surface area contributed by atoms with Crippen LogP contribution in [0.4, 0.5) is 5.69 Å². The zero-order chi connectivity index (χ0) is 14.5. The molecule has 0 aliphatic rings. The summed E-state index contributed by atoms with van der Waals surface area (Å²) in [6.07, 6.45) is 0. The second kappa shape index (κ2) is 6.54. The molecule has 5 nitrogen and oxygen atoms in total. The number of amides is 1. The quantitative estimate of drug-likeness (QED) is 0.889. The molecule has 2 rings (SSSR count). The largest absolute Gasteiger partial charge is 0.444 e. The summed E-state index contributed by atoms with van der Waals surface area (Å²) in [6, 6.07) is 6.95. The van der Waals surface area contributed by atoms with Gasteiger partial charge in [0.15, 0.2) is 0 Å². The molecular formula is C14H16ClN3O2. The number of oxazole rings is 1. The van der Waals surface area contributed by atoms with Crippen LogP contribution in [0.1, 0.15) is 17.3 Å². The van der Waals surface area contributed by atoms with Crippen LogP contribution in [0.5, 0.6) is 0 Å². The number of nitrogens with zero attached hydrogens (tertiary/aromatic N) is 1. The summed E-state index contributed by atoms with van der Waals surface area (Å²) in [5, 5.41) is 6.38. The van der Waals surface area contributed by atoms with Gasteiger partial charge in [0, 0.05) is 10.7 Å². The van der Waals surface area contributed by atoms with Crippen molar-refractivity contribution in [2.24, 2.45) is 0 Å². The van der Waals surface area contributed by atoms with Crippen molar-refractivity contribution in [3.63, 3.8) is 0 Å². The van der Waals surface area contributed by atoms with Crippen LogP contribution in [0.25, 0.3) is 0 Å². The summed E-state index contributed by atoms with van der Waals surface area (Å²) in [5.41, 5.74) is 1.58. The topological polar surface area (TPSA) is 67.2 Å². The summed E-state index contributed by atoms with van der Waals surface area (Å²) in [7, 11) is 0. The number of carbonyl (C=O) groups is 1. The minimum Gasteiger partial charge on any atom is -0.444 e. The van der Waals surface area contributed by atoms with E-state index in [4.69, 9.17) is 16.0 Å². The van der Waals surface area contributed by atoms with Gasteiger partial charge in [-0.2, -0.15) is 0 Å². The van der Waals surface area contributed by atoms with E-state index in [0.717, 1.165) is 11.5 Å². The highest BCUT2D eigenvalue weighted by Gasteiger charge is 2.06. The van der Waals surface area contributed by atoms with E-state index in [2.05, 4.69) is 15.6 Å². The number of carbonyl (C=O) groups excluding carboxylic acids is 1. The van der Waals surface area contributed by atoms with Crippen LogP contribution < -0.4 is 10.6 Å². The number of benzene rings is 1. The molecule has 106 valence electrons. The monoisotopic (exact) mass is 293 g/mol. The molecule has 0 fully saturated rings. The Bertz CT molecular complexity index is 573. The Morgan fingerprint density at radius 2 is 2.00 bits per heavy atom. The Labute approximate surface area is 122 Å². The molecular weight excluding hydrogens is 278 g/mol. The second-order valence-corrected chi connectivity index (χ2v) is 4.84. The van der Waals surface area contributed by atoms with Gasteiger partial charge in [-0.1, -0.05) is 11.6 Å². The smallest absolute Gasteiger partial charge is 0.238 e. The van der Waals surface area contributed by atoms with E-state index in [1.54, 1.807) is 24.3 Å². The number of nitrogens with one attached hydrogen (secondary N) is 2. The van der Waals surface area contributed by atoms with Gasteiger partial charge in [0.05, 0.1) is 18.8 Å². The second-order valence-electron chi connectivity index (χ2n) is 4.41. The third kappa shape index (κ3) is 4.08. The van der Waals surface area contributed by atoms with Crippen molar-refractivity contribution < 1.29 is 9.21 Å². The molecule has 0 saturated heterocycles. The van der Waals surface area contributed by atoms with Crippen LogP contribution in [-0.4, -0.2) is 17.4 Å². The number of anilines is 1. The van der Waals surface area contributed by atoms with E-state index in [1.165, 1.54) is 0 Å². The van der Waals surface area contributed by atoms with Crippen LogP contribution in [0.3, 0.4) is 0 Å². The molecule has 6 heteroatoms. The lowest BCUT2D eigenvalue weighted by molar-refractivity contribution is -0.115. The molecule has 0 bridgehead atoms. The van der Waals surface area contributed by atoms with Crippen molar-refractivity contribution in [1.82, 2.24) is 10.3 Å². The van der Waals surface area contributed by atoms with Gasteiger partial charge in [0.2, 0.25) is 11.8 Å². The van der Waals surface area contributed by atoms with E-state index in [1.807, 2.05) is 13.8 Å². The molecule has 2 N–H and O–H groups in total. The van der Waals surface area contributed by atoms with Crippen molar-refractivity contribution >= 4 is 23.2 Å². The number of rotatable bonds is 5. The first-order chi connectivity index (χ1) is 9.54. The van der Waals surface area contributed by atoms with Gasteiger partial charge < -0.3 is 9.73 Å². The number of aromatic nitrogens is 1. The summed E-state index contributed by atoms with van der Waals surface area (Å²) in [6.45, 7) is 4.35. The third-order valence-corrected chi connectivity index (χ3v) is 3.01. The molecule has 2 aromatic rings. The summed E-state index contributed by atoms with van der Waals surface area (Å²) >= 11 is 5.77. The van der Waals surface area contributed by atoms with Crippen molar-refractivity contribution in [3.05, 3.63) is 46.6 Å². The van der Waals surface area contributed by atoms with E-state index in [0.29, 0.717) is 23.1 Å². The van der Waals surface area contributed by atoms with Gasteiger partial charge in [0.25, 0.3) is 0 Å². The van der Waals surface area contributed by atoms with Gasteiger partial charge in [-0.15, -0.1) is 0 Å². The molecule has 0 aliphatic carbocycles. The van der Waals surface area contributed by atoms with Gasteiger partial charge >= 0.3 is 0 Å². The normalized spacial score (nSPS) is 10.6. The lowest BCUT2D eigenvalue weighted by atomic mass is 10.3. The fourth-order valence-corrected chi connectivity index (χ4v) is 1.76. The summed E-state index contributed by atoms with van der Waals surface area (Å²) < 4.78 is 5.41. The fraction of sp³-hybridized carbons (Fsp3) is 0.286. The molecule has 0 unspecified atom stereocenters. The van der Waals surface area contributed by atoms with Gasteiger partial charge in [-0.25, -0.2) is 4.98 Å². The number of hydrogen-bond donors (Lipinski definition) is 2.